The van der Waals surface area contributed by atoms with E-state index in [9.17, 15) is 0 Å². The van der Waals surface area contributed by atoms with E-state index in [1.165, 1.54) is 25.7 Å². The van der Waals surface area contributed by atoms with Crippen molar-refractivity contribution in [2.75, 3.05) is 6.26 Å². The molecule has 2 atom stereocenters. The summed E-state index contributed by atoms with van der Waals surface area (Å²) in [7, 11) is 0. The maximum atomic E-state index is 5.73. The van der Waals surface area contributed by atoms with Crippen molar-refractivity contribution in [1.29, 1.82) is 0 Å². The van der Waals surface area contributed by atoms with Crippen LogP contribution in [0.3, 0.4) is 0 Å². The molecule has 0 aliphatic heterocycles. The van der Waals surface area contributed by atoms with Crippen molar-refractivity contribution in [3.05, 3.63) is 23.1 Å². The molecule has 0 amide bonds. The van der Waals surface area contributed by atoms with Crippen LogP contribution in [-0.4, -0.2) is 17.5 Å². The summed E-state index contributed by atoms with van der Waals surface area (Å²) in [5.74, 6) is 0.927. The Morgan fingerprint density at radius 3 is 3.06 bits per heavy atom. The third-order valence-corrected chi connectivity index (χ3v) is 4.45. The fourth-order valence-electron chi connectivity index (χ4n) is 2.24. The van der Waals surface area contributed by atoms with Gasteiger partial charge in [-0.05, 0) is 49.3 Å². The SMILES string of the molecule is CSC1CCCC(NCc2ccc(Cl)o2)C1. The molecule has 1 fully saturated rings. The van der Waals surface area contributed by atoms with Gasteiger partial charge in [-0.15, -0.1) is 0 Å². The molecule has 0 spiro atoms. The zero-order valence-electron chi connectivity index (χ0n) is 9.54. The normalized spacial score (nSPS) is 25.9. The third-order valence-electron chi connectivity index (χ3n) is 3.15. The number of hydrogen-bond donors (Lipinski definition) is 1. The van der Waals surface area contributed by atoms with Crippen LogP contribution in [0.2, 0.25) is 5.22 Å². The molecule has 2 rings (SSSR count). The van der Waals surface area contributed by atoms with Gasteiger partial charge in [0.2, 0.25) is 0 Å². The summed E-state index contributed by atoms with van der Waals surface area (Å²) in [5.41, 5.74) is 0. The van der Waals surface area contributed by atoms with Crippen LogP contribution in [0.15, 0.2) is 16.5 Å². The summed E-state index contributed by atoms with van der Waals surface area (Å²) < 4.78 is 5.33. The Bertz CT molecular complexity index is 329. The Labute approximate surface area is 106 Å². The Hall–Kier alpha value is -0.120. The number of halogens is 1. The van der Waals surface area contributed by atoms with Crippen LogP contribution in [-0.2, 0) is 6.54 Å². The van der Waals surface area contributed by atoms with Gasteiger partial charge in [0.25, 0.3) is 0 Å². The molecule has 1 aromatic heterocycles. The van der Waals surface area contributed by atoms with Crippen LogP contribution >= 0.6 is 23.4 Å². The molecule has 1 aliphatic carbocycles. The molecule has 1 aromatic rings. The second kappa shape index (κ2) is 5.99. The lowest BCUT2D eigenvalue weighted by atomic mass is 9.95. The van der Waals surface area contributed by atoms with E-state index in [1.54, 1.807) is 6.07 Å². The Morgan fingerprint density at radius 1 is 1.50 bits per heavy atom. The second-order valence-corrected chi connectivity index (χ2v) is 5.82. The van der Waals surface area contributed by atoms with Gasteiger partial charge in [-0.1, -0.05) is 6.42 Å². The molecular formula is C12H18ClNOS. The minimum absolute atomic E-state index is 0.474. The van der Waals surface area contributed by atoms with Crippen LogP contribution in [0.4, 0.5) is 0 Å². The molecule has 0 saturated heterocycles. The van der Waals surface area contributed by atoms with Gasteiger partial charge in [-0.2, -0.15) is 11.8 Å². The Morgan fingerprint density at radius 2 is 2.38 bits per heavy atom. The van der Waals surface area contributed by atoms with Gasteiger partial charge >= 0.3 is 0 Å². The molecule has 0 radical (unpaired) electrons. The number of furan rings is 1. The molecule has 1 N–H and O–H groups in total. The molecule has 16 heavy (non-hydrogen) atoms. The van der Waals surface area contributed by atoms with Gasteiger partial charge in [-0.3, -0.25) is 0 Å². The quantitative estimate of drug-likeness (QED) is 0.893. The summed E-state index contributed by atoms with van der Waals surface area (Å²) in [6, 6.07) is 4.36. The van der Waals surface area contributed by atoms with Gasteiger partial charge in [0.1, 0.15) is 5.76 Å². The van der Waals surface area contributed by atoms with E-state index >= 15 is 0 Å². The first-order valence-corrected chi connectivity index (χ1v) is 7.45. The van der Waals surface area contributed by atoms with Crippen molar-refractivity contribution >= 4 is 23.4 Å². The lowest BCUT2D eigenvalue weighted by Gasteiger charge is -2.28. The molecule has 4 heteroatoms. The highest BCUT2D eigenvalue weighted by molar-refractivity contribution is 7.99. The maximum Gasteiger partial charge on any atom is 0.193 e. The summed E-state index contributed by atoms with van der Waals surface area (Å²) in [6.07, 6.45) is 7.47. The number of thioether (sulfide) groups is 1. The first kappa shape index (κ1) is 12.3. The van der Waals surface area contributed by atoms with Crippen molar-refractivity contribution in [3.8, 4) is 0 Å². The van der Waals surface area contributed by atoms with E-state index in [0.717, 1.165) is 17.6 Å². The Balaban J connectivity index is 1.77. The molecule has 2 unspecified atom stereocenters. The summed E-state index contributed by atoms with van der Waals surface area (Å²) in [4.78, 5) is 0. The van der Waals surface area contributed by atoms with Crippen molar-refractivity contribution in [3.63, 3.8) is 0 Å². The van der Waals surface area contributed by atoms with E-state index in [2.05, 4.69) is 11.6 Å². The highest BCUT2D eigenvalue weighted by Gasteiger charge is 2.20. The minimum atomic E-state index is 0.474. The lowest BCUT2D eigenvalue weighted by molar-refractivity contribution is 0.363. The lowest BCUT2D eigenvalue weighted by Crippen LogP contribution is -2.34. The molecule has 1 heterocycles. The van der Waals surface area contributed by atoms with Crippen molar-refractivity contribution in [1.82, 2.24) is 5.32 Å². The van der Waals surface area contributed by atoms with Crippen LogP contribution in [0.25, 0.3) is 0 Å². The first-order chi connectivity index (χ1) is 7.78. The van der Waals surface area contributed by atoms with Crippen LogP contribution < -0.4 is 5.32 Å². The van der Waals surface area contributed by atoms with E-state index < -0.39 is 0 Å². The summed E-state index contributed by atoms with van der Waals surface area (Å²) in [5, 5.41) is 4.85. The molecular weight excluding hydrogens is 242 g/mol. The van der Waals surface area contributed by atoms with Crippen LogP contribution in [0.1, 0.15) is 31.4 Å². The molecule has 1 aliphatic rings. The zero-order chi connectivity index (χ0) is 11.4. The second-order valence-electron chi connectivity index (χ2n) is 4.31. The van der Waals surface area contributed by atoms with E-state index in [0.29, 0.717) is 11.3 Å². The predicted octanol–water partition coefficient (Wildman–Crippen LogP) is 3.70. The van der Waals surface area contributed by atoms with Gasteiger partial charge < -0.3 is 9.73 Å². The fraction of sp³-hybridized carbons (Fsp3) is 0.667. The molecule has 90 valence electrons. The number of rotatable bonds is 4. The van der Waals surface area contributed by atoms with Crippen molar-refractivity contribution in [2.45, 2.75) is 43.5 Å². The van der Waals surface area contributed by atoms with Crippen LogP contribution in [0, 0.1) is 0 Å². The maximum absolute atomic E-state index is 5.73. The van der Waals surface area contributed by atoms with Crippen molar-refractivity contribution in [2.24, 2.45) is 0 Å². The molecule has 0 bridgehead atoms. The molecule has 0 aromatic carbocycles. The highest BCUT2D eigenvalue weighted by atomic mass is 35.5. The van der Waals surface area contributed by atoms with E-state index in [-0.39, 0.29) is 0 Å². The highest BCUT2D eigenvalue weighted by Crippen LogP contribution is 2.27. The number of nitrogens with one attached hydrogen (secondary N) is 1. The monoisotopic (exact) mass is 259 g/mol. The molecule has 1 saturated carbocycles. The largest absolute Gasteiger partial charge is 0.448 e. The Kier molecular flexibility index (Phi) is 4.62. The summed E-state index contributed by atoms with van der Waals surface area (Å²) >= 11 is 7.72. The van der Waals surface area contributed by atoms with E-state index in [4.69, 9.17) is 16.0 Å². The average molecular weight is 260 g/mol. The van der Waals surface area contributed by atoms with Gasteiger partial charge in [-0.25, -0.2) is 0 Å². The standard InChI is InChI=1S/C12H18ClNOS/c1-16-11-4-2-3-9(7-11)14-8-10-5-6-12(13)15-10/h5-6,9,11,14H,2-4,7-8H2,1H3. The van der Waals surface area contributed by atoms with Crippen molar-refractivity contribution < 1.29 is 4.42 Å². The van der Waals surface area contributed by atoms with Gasteiger partial charge in [0.05, 0.1) is 6.54 Å². The average Bonchev–Trinajstić information content (AvgIpc) is 2.73. The molecule has 2 nitrogen and oxygen atoms in total. The number of hydrogen-bond acceptors (Lipinski definition) is 3. The smallest absolute Gasteiger partial charge is 0.193 e. The zero-order valence-corrected chi connectivity index (χ0v) is 11.1. The topological polar surface area (TPSA) is 25.2 Å². The van der Waals surface area contributed by atoms with Crippen LogP contribution in [0.5, 0.6) is 0 Å². The van der Waals surface area contributed by atoms with E-state index in [1.807, 2.05) is 17.8 Å². The predicted molar refractivity (Wildman–Crippen MR) is 70.1 cm³/mol. The van der Waals surface area contributed by atoms with Gasteiger partial charge in [0.15, 0.2) is 5.22 Å². The minimum Gasteiger partial charge on any atom is -0.448 e. The van der Waals surface area contributed by atoms with Gasteiger partial charge in [0, 0.05) is 11.3 Å². The summed E-state index contributed by atoms with van der Waals surface area (Å²) in [6.45, 7) is 0.790. The first-order valence-electron chi connectivity index (χ1n) is 5.78. The fourth-order valence-corrected chi connectivity index (χ4v) is 3.23. The third kappa shape index (κ3) is 3.44.